The molecule has 0 saturated carbocycles. The van der Waals surface area contributed by atoms with Gasteiger partial charge >= 0.3 is 11.9 Å². The Balaban J connectivity index is 1.93. The number of rotatable bonds is 2. The van der Waals surface area contributed by atoms with E-state index in [0.29, 0.717) is 0 Å². The van der Waals surface area contributed by atoms with Crippen LogP contribution in [0.2, 0.25) is 0 Å². The lowest BCUT2D eigenvalue weighted by Gasteiger charge is -2.45. The molecular formula is C18H12O4. The first-order valence-corrected chi connectivity index (χ1v) is 7.29. The summed E-state index contributed by atoms with van der Waals surface area (Å²) in [5.41, 5.74) is 4.29. The number of fused-ring (bicyclic) bond motifs is 1. The zero-order valence-corrected chi connectivity index (χ0v) is 11.5. The van der Waals surface area contributed by atoms with Crippen molar-refractivity contribution < 1.29 is 19.8 Å². The quantitative estimate of drug-likeness (QED) is 0.889. The van der Waals surface area contributed by atoms with Crippen LogP contribution in [0.3, 0.4) is 0 Å². The predicted molar refractivity (Wildman–Crippen MR) is 76.9 cm³/mol. The number of aliphatic carboxylic acids is 2. The predicted octanol–water partition coefficient (Wildman–Crippen LogP) is 2.19. The Morgan fingerprint density at radius 2 is 1.55 bits per heavy atom. The second-order valence-electron chi connectivity index (χ2n) is 6.32. The van der Waals surface area contributed by atoms with Crippen LogP contribution in [0.1, 0.15) is 33.7 Å². The van der Waals surface area contributed by atoms with Crippen LogP contribution >= 0.6 is 0 Å². The second-order valence-corrected chi connectivity index (χ2v) is 6.32. The molecule has 4 unspecified atom stereocenters. The highest BCUT2D eigenvalue weighted by Crippen LogP contribution is 2.73. The fourth-order valence-corrected chi connectivity index (χ4v) is 5.04. The summed E-state index contributed by atoms with van der Waals surface area (Å²) in [6, 6.07) is 13.5. The number of hydrogen-bond acceptors (Lipinski definition) is 2. The first-order valence-electron chi connectivity index (χ1n) is 7.29. The normalized spacial score (nSPS) is 32.1. The molecule has 4 aliphatic rings. The minimum atomic E-state index is -1.02. The van der Waals surface area contributed by atoms with Gasteiger partial charge in [-0.1, -0.05) is 42.5 Å². The van der Waals surface area contributed by atoms with E-state index in [1.165, 1.54) is 0 Å². The maximum Gasteiger partial charge on any atom is 0.309 e. The van der Waals surface area contributed by atoms with Crippen molar-refractivity contribution in [2.24, 2.45) is 11.8 Å². The lowest BCUT2D eigenvalue weighted by molar-refractivity contribution is -0.156. The van der Waals surface area contributed by atoms with Crippen molar-refractivity contribution in [3.63, 3.8) is 0 Å². The standard InChI is InChI=1S/C18H12O4/c19-16(20)13-12-8-4-1-2-6-10(8)18(15(13)17(21)22)11-7-3-5-9(12)14(11)18/h1-7,12-13,15H,(H,19,20)(H,21,22). The van der Waals surface area contributed by atoms with E-state index >= 15 is 0 Å². The molecule has 2 aromatic carbocycles. The summed E-state index contributed by atoms with van der Waals surface area (Å²) in [6.45, 7) is 0. The first-order chi connectivity index (χ1) is 10.6. The third-order valence-electron chi connectivity index (χ3n) is 5.65. The maximum atomic E-state index is 12.0. The van der Waals surface area contributed by atoms with Gasteiger partial charge in [-0.25, -0.2) is 0 Å². The van der Waals surface area contributed by atoms with Gasteiger partial charge in [0.2, 0.25) is 0 Å². The molecule has 108 valence electrons. The van der Waals surface area contributed by atoms with Crippen LogP contribution in [0.15, 0.2) is 42.5 Å². The van der Waals surface area contributed by atoms with Crippen LogP contribution in [-0.2, 0) is 15.0 Å². The van der Waals surface area contributed by atoms with Gasteiger partial charge in [0.05, 0.1) is 17.3 Å². The topological polar surface area (TPSA) is 74.6 Å². The molecule has 0 amide bonds. The van der Waals surface area contributed by atoms with Crippen molar-refractivity contribution in [2.75, 3.05) is 0 Å². The lowest BCUT2D eigenvalue weighted by atomic mass is 9.55. The van der Waals surface area contributed by atoms with Gasteiger partial charge in [-0.05, 0) is 27.8 Å². The minimum Gasteiger partial charge on any atom is -0.481 e. The van der Waals surface area contributed by atoms with E-state index in [0.717, 1.165) is 27.8 Å². The zero-order valence-electron chi connectivity index (χ0n) is 11.5. The van der Waals surface area contributed by atoms with E-state index < -0.39 is 29.2 Å². The van der Waals surface area contributed by atoms with Crippen molar-refractivity contribution in [1.29, 1.82) is 0 Å². The number of hydrogen-bond donors (Lipinski definition) is 2. The molecule has 0 heterocycles. The van der Waals surface area contributed by atoms with E-state index in [1.54, 1.807) is 0 Å². The van der Waals surface area contributed by atoms with Gasteiger partial charge in [0.25, 0.3) is 0 Å². The van der Waals surface area contributed by atoms with Crippen molar-refractivity contribution in [2.45, 2.75) is 11.3 Å². The molecule has 4 aliphatic carbocycles. The van der Waals surface area contributed by atoms with Crippen LogP contribution in [0, 0.1) is 11.8 Å². The molecule has 0 aliphatic heterocycles. The van der Waals surface area contributed by atoms with Crippen LogP contribution in [0.25, 0.3) is 0 Å². The molecule has 2 bridgehead atoms. The number of carboxylic acid groups (broad SMARTS) is 2. The largest absolute Gasteiger partial charge is 0.481 e. The van der Waals surface area contributed by atoms with Gasteiger partial charge in [-0.2, -0.15) is 0 Å². The number of benzene rings is 2. The maximum absolute atomic E-state index is 12.0. The van der Waals surface area contributed by atoms with Crippen LogP contribution in [0.4, 0.5) is 0 Å². The summed E-state index contributed by atoms with van der Waals surface area (Å²) in [5, 5.41) is 19.5. The molecular weight excluding hydrogens is 280 g/mol. The van der Waals surface area contributed by atoms with Gasteiger partial charge in [-0.15, -0.1) is 0 Å². The molecule has 2 N–H and O–H groups in total. The van der Waals surface area contributed by atoms with Gasteiger partial charge in [0, 0.05) is 5.92 Å². The van der Waals surface area contributed by atoms with E-state index in [-0.39, 0.29) is 5.92 Å². The second kappa shape index (κ2) is 3.40. The summed E-state index contributed by atoms with van der Waals surface area (Å²) in [6.07, 6.45) is 0. The Hall–Kier alpha value is -2.62. The molecule has 4 nitrogen and oxygen atoms in total. The van der Waals surface area contributed by atoms with Gasteiger partial charge in [0.15, 0.2) is 0 Å². The molecule has 4 atom stereocenters. The highest BCUT2D eigenvalue weighted by atomic mass is 16.4. The molecule has 4 heteroatoms. The number of carboxylic acids is 2. The summed E-state index contributed by atoms with van der Waals surface area (Å²) in [4.78, 5) is 23.8. The van der Waals surface area contributed by atoms with Crippen molar-refractivity contribution >= 4 is 11.9 Å². The van der Waals surface area contributed by atoms with Crippen molar-refractivity contribution in [1.82, 2.24) is 0 Å². The molecule has 0 aromatic heterocycles. The number of carbonyl (C=O) groups is 2. The molecule has 2 aromatic rings. The van der Waals surface area contributed by atoms with Crippen molar-refractivity contribution in [3.05, 3.63) is 70.3 Å². The van der Waals surface area contributed by atoms with E-state index in [9.17, 15) is 19.8 Å². The highest BCUT2D eigenvalue weighted by molar-refractivity contribution is 5.94. The highest BCUT2D eigenvalue weighted by Gasteiger charge is 2.72. The average Bonchev–Trinajstić information content (AvgIpc) is 3.18. The Kier molecular flexibility index (Phi) is 1.85. The van der Waals surface area contributed by atoms with Gasteiger partial charge < -0.3 is 10.2 Å². The van der Waals surface area contributed by atoms with Crippen molar-refractivity contribution in [3.8, 4) is 0 Å². The Labute approximate surface area is 126 Å². The van der Waals surface area contributed by atoms with E-state index in [2.05, 4.69) is 0 Å². The Morgan fingerprint density at radius 3 is 2.27 bits per heavy atom. The molecule has 1 spiro atoms. The van der Waals surface area contributed by atoms with Crippen LogP contribution < -0.4 is 0 Å². The summed E-state index contributed by atoms with van der Waals surface area (Å²) >= 11 is 0. The molecule has 0 fully saturated rings. The fourth-order valence-electron chi connectivity index (χ4n) is 5.04. The van der Waals surface area contributed by atoms with Gasteiger partial charge in [-0.3, -0.25) is 9.59 Å². The van der Waals surface area contributed by atoms with E-state index in [1.807, 2.05) is 42.5 Å². The monoisotopic (exact) mass is 292 g/mol. The molecule has 0 radical (unpaired) electrons. The summed E-state index contributed by atoms with van der Waals surface area (Å²) < 4.78 is 0. The zero-order chi connectivity index (χ0) is 15.2. The molecule has 0 saturated heterocycles. The van der Waals surface area contributed by atoms with Crippen LogP contribution in [0.5, 0.6) is 0 Å². The minimum absolute atomic E-state index is 0.367. The SMILES string of the molecule is O=C(O)C1C2c3ccccc3C3(c4cccc2c43)C1C(=O)O. The van der Waals surface area contributed by atoms with E-state index in [4.69, 9.17) is 0 Å². The summed E-state index contributed by atoms with van der Waals surface area (Å²) in [5.74, 6) is -4.25. The van der Waals surface area contributed by atoms with Crippen LogP contribution in [-0.4, -0.2) is 22.2 Å². The third kappa shape index (κ3) is 0.997. The third-order valence-corrected chi connectivity index (χ3v) is 5.65. The molecule has 6 rings (SSSR count). The summed E-state index contributed by atoms with van der Waals surface area (Å²) in [7, 11) is 0. The Morgan fingerprint density at radius 1 is 0.864 bits per heavy atom. The first kappa shape index (κ1) is 12.0. The van der Waals surface area contributed by atoms with Gasteiger partial charge in [0.1, 0.15) is 0 Å². The fraction of sp³-hybridized carbons (Fsp3) is 0.222. The lowest BCUT2D eigenvalue weighted by Crippen LogP contribution is -2.50. The molecule has 22 heavy (non-hydrogen) atoms. The Bertz CT molecular complexity index is 884. The average molecular weight is 292 g/mol. The smallest absolute Gasteiger partial charge is 0.309 e.